The van der Waals surface area contributed by atoms with Gasteiger partial charge in [0.25, 0.3) is 11.8 Å². The molecule has 10 heteroatoms. The molecule has 1 atom stereocenters. The second-order valence-corrected chi connectivity index (χ2v) is 8.05. The molecule has 0 aliphatic carbocycles. The Bertz CT molecular complexity index is 1220. The van der Waals surface area contributed by atoms with Gasteiger partial charge in [0.15, 0.2) is 0 Å². The predicted molar refractivity (Wildman–Crippen MR) is 132 cm³/mol. The van der Waals surface area contributed by atoms with Gasteiger partial charge >= 0.3 is 0 Å². The second kappa shape index (κ2) is 12.4. The molecule has 0 saturated carbocycles. The summed E-state index contributed by atoms with van der Waals surface area (Å²) < 4.78 is 11.2. The van der Waals surface area contributed by atoms with E-state index in [-0.39, 0.29) is 35.8 Å². The summed E-state index contributed by atoms with van der Waals surface area (Å²) in [6, 6.07) is 16.2. The van der Waals surface area contributed by atoms with Gasteiger partial charge in [0.05, 0.1) is 17.7 Å². The second-order valence-electron chi connectivity index (χ2n) is 8.05. The zero-order chi connectivity index (χ0) is 26.1. The number of amides is 2. The molecule has 0 aliphatic rings. The van der Waals surface area contributed by atoms with Gasteiger partial charge in [-0.05, 0) is 47.5 Å². The van der Waals surface area contributed by atoms with Crippen LogP contribution in [-0.2, 0) is 13.0 Å². The van der Waals surface area contributed by atoms with Crippen LogP contribution in [-0.4, -0.2) is 53.0 Å². The van der Waals surface area contributed by atoms with E-state index in [4.69, 9.17) is 20.9 Å². The first-order chi connectivity index (χ1) is 17.2. The number of carbonyl (C=O) groups is 2. The lowest BCUT2D eigenvalue weighted by Crippen LogP contribution is -2.31. The maximum atomic E-state index is 11.4. The first-order valence-corrected chi connectivity index (χ1v) is 11.2. The van der Waals surface area contributed by atoms with E-state index in [0.29, 0.717) is 31.1 Å². The zero-order valence-corrected chi connectivity index (χ0v) is 19.5. The Labute approximate surface area is 208 Å². The monoisotopic (exact) mass is 495 g/mol. The molecule has 3 aromatic rings. The Balaban J connectivity index is 1.46. The quantitative estimate of drug-likeness (QED) is 0.206. The van der Waals surface area contributed by atoms with E-state index in [2.05, 4.69) is 5.32 Å². The Morgan fingerprint density at radius 2 is 1.39 bits per heavy atom. The summed E-state index contributed by atoms with van der Waals surface area (Å²) in [6.07, 6.45) is -0.223. The summed E-state index contributed by atoms with van der Waals surface area (Å²) in [6.45, 7) is 1.08. The molecule has 0 saturated heterocycles. The summed E-state index contributed by atoms with van der Waals surface area (Å²) in [4.78, 5) is 22.7. The van der Waals surface area contributed by atoms with Crippen molar-refractivity contribution in [1.29, 1.82) is 0 Å². The number of aliphatic hydroxyl groups is 1. The van der Waals surface area contributed by atoms with Crippen LogP contribution in [0.4, 0.5) is 0 Å². The van der Waals surface area contributed by atoms with Crippen molar-refractivity contribution in [3.63, 3.8) is 0 Å². The highest BCUT2D eigenvalue weighted by Gasteiger charge is 2.12. The van der Waals surface area contributed by atoms with E-state index >= 15 is 0 Å². The van der Waals surface area contributed by atoms with E-state index < -0.39 is 17.9 Å². The first-order valence-electron chi connectivity index (χ1n) is 11.2. The van der Waals surface area contributed by atoms with Crippen LogP contribution in [0.1, 0.15) is 31.8 Å². The molecule has 190 valence electrons. The third kappa shape index (κ3) is 7.36. The number of aromatic hydroxyl groups is 2. The Hall–Kier alpha value is -4.28. The van der Waals surface area contributed by atoms with Gasteiger partial charge in [-0.15, -0.1) is 0 Å². The van der Waals surface area contributed by atoms with E-state index in [1.807, 2.05) is 24.3 Å². The molecule has 10 nitrogen and oxygen atoms in total. The molecule has 0 heterocycles. The van der Waals surface area contributed by atoms with Gasteiger partial charge in [-0.1, -0.05) is 24.3 Å². The van der Waals surface area contributed by atoms with Crippen LogP contribution in [0, 0.1) is 0 Å². The maximum Gasteiger partial charge on any atom is 0.252 e. The van der Waals surface area contributed by atoms with Gasteiger partial charge in [-0.2, -0.15) is 0 Å². The fraction of sp³-hybridized carbons (Fsp3) is 0.231. The van der Waals surface area contributed by atoms with Crippen LogP contribution in [0.15, 0.2) is 60.7 Å². The highest BCUT2D eigenvalue weighted by molar-refractivity contribution is 5.96. The number of rotatable bonds is 13. The molecule has 3 aromatic carbocycles. The number of nitrogens with two attached hydrogens (primary N) is 2. The Morgan fingerprint density at radius 3 is 1.97 bits per heavy atom. The number of ether oxygens (including phenoxy) is 2. The molecule has 8 N–H and O–H groups in total. The number of phenols is 2. The van der Waals surface area contributed by atoms with Crippen LogP contribution < -0.4 is 26.3 Å². The van der Waals surface area contributed by atoms with E-state index in [1.54, 1.807) is 6.07 Å². The number of nitrogens with one attached hydrogen (secondary N) is 1. The number of benzene rings is 3. The summed E-state index contributed by atoms with van der Waals surface area (Å²) in [7, 11) is 0. The lowest BCUT2D eigenvalue weighted by atomic mass is 10.0. The molecule has 0 spiro atoms. The van der Waals surface area contributed by atoms with Gasteiger partial charge in [0, 0.05) is 19.5 Å². The van der Waals surface area contributed by atoms with Crippen molar-refractivity contribution < 1.29 is 34.4 Å². The molecule has 0 radical (unpaired) electrons. The Morgan fingerprint density at radius 1 is 0.833 bits per heavy atom. The average Bonchev–Trinajstić information content (AvgIpc) is 2.85. The highest BCUT2D eigenvalue weighted by Crippen LogP contribution is 2.24. The minimum Gasteiger partial charge on any atom is -0.507 e. The summed E-state index contributed by atoms with van der Waals surface area (Å²) in [5.74, 6) is -1.21. The minimum atomic E-state index is -0.819. The van der Waals surface area contributed by atoms with Crippen molar-refractivity contribution in [2.45, 2.75) is 19.1 Å². The number of aliphatic hydroxyl groups excluding tert-OH is 1. The topological polar surface area (TPSA) is 177 Å². The van der Waals surface area contributed by atoms with Gasteiger partial charge in [0.1, 0.15) is 35.7 Å². The summed E-state index contributed by atoms with van der Waals surface area (Å²) in [5, 5.41) is 32.7. The third-order valence-corrected chi connectivity index (χ3v) is 5.36. The summed E-state index contributed by atoms with van der Waals surface area (Å²) in [5.41, 5.74) is 12.5. The molecule has 0 aromatic heterocycles. The fourth-order valence-electron chi connectivity index (χ4n) is 3.48. The van der Waals surface area contributed by atoms with Crippen molar-refractivity contribution >= 4 is 11.8 Å². The smallest absolute Gasteiger partial charge is 0.252 e. The van der Waals surface area contributed by atoms with Crippen molar-refractivity contribution in [2.75, 3.05) is 19.8 Å². The van der Waals surface area contributed by atoms with Gasteiger partial charge in [0.2, 0.25) is 0 Å². The van der Waals surface area contributed by atoms with Crippen LogP contribution in [0.25, 0.3) is 0 Å². The molecule has 0 aliphatic heterocycles. The van der Waals surface area contributed by atoms with Crippen molar-refractivity contribution in [3.8, 4) is 23.0 Å². The third-order valence-electron chi connectivity index (χ3n) is 5.36. The molecular weight excluding hydrogens is 466 g/mol. The van der Waals surface area contributed by atoms with E-state index in [0.717, 1.165) is 11.1 Å². The predicted octanol–water partition coefficient (Wildman–Crippen LogP) is 1.45. The SMILES string of the molecule is NC(=O)c1cc(OCCc2ccccc2CNCC(O)COc2ccc(O)c(C(N)=O)c2)ccc1O. The van der Waals surface area contributed by atoms with Crippen molar-refractivity contribution in [1.82, 2.24) is 5.32 Å². The number of carbonyl (C=O) groups excluding carboxylic acids is 2. The minimum absolute atomic E-state index is 0.00152. The van der Waals surface area contributed by atoms with Gasteiger partial charge in [-0.25, -0.2) is 0 Å². The van der Waals surface area contributed by atoms with Gasteiger partial charge in [-0.3, -0.25) is 9.59 Å². The number of hydrogen-bond donors (Lipinski definition) is 6. The normalized spacial score (nSPS) is 11.6. The van der Waals surface area contributed by atoms with Crippen LogP contribution >= 0.6 is 0 Å². The standard InChI is InChI=1S/C26H29N3O7/c27-25(33)21-11-19(5-7-23(21)31)35-10-9-16-3-1-2-4-17(16)13-29-14-18(30)15-36-20-6-8-24(32)22(12-20)26(28)34/h1-8,11-12,18,29-32H,9-10,13-15H2,(H2,27,33)(H2,28,34). The van der Waals surface area contributed by atoms with Crippen molar-refractivity contribution in [3.05, 3.63) is 82.9 Å². The molecule has 2 amide bonds. The summed E-state index contributed by atoms with van der Waals surface area (Å²) >= 11 is 0. The molecule has 3 rings (SSSR count). The first kappa shape index (κ1) is 26.3. The lowest BCUT2D eigenvalue weighted by Gasteiger charge is -2.15. The van der Waals surface area contributed by atoms with Gasteiger partial charge < -0.3 is 41.6 Å². The maximum absolute atomic E-state index is 11.4. The van der Waals surface area contributed by atoms with E-state index in [1.165, 1.54) is 30.3 Å². The van der Waals surface area contributed by atoms with Crippen LogP contribution in [0.2, 0.25) is 0 Å². The molecule has 0 fully saturated rings. The largest absolute Gasteiger partial charge is 0.507 e. The van der Waals surface area contributed by atoms with Crippen molar-refractivity contribution in [2.24, 2.45) is 11.5 Å². The zero-order valence-electron chi connectivity index (χ0n) is 19.5. The van der Waals surface area contributed by atoms with Crippen LogP contribution in [0.5, 0.6) is 23.0 Å². The fourth-order valence-corrected chi connectivity index (χ4v) is 3.48. The van der Waals surface area contributed by atoms with Crippen LogP contribution in [0.3, 0.4) is 0 Å². The molecule has 0 bridgehead atoms. The number of primary amides is 2. The highest BCUT2D eigenvalue weighted by atomic mass is 16.5. The molecule has 36 heavy (non-hydrogen) atoms. The number of hydrogen-bond acceptors (Lipinski definition) is 8. The lowest BCUT2D eigenvalue weighted by molar-refractivity contribution is 0.0986. The van der Waals surface area contributed by atoms with E-state index in [9.17, 15) is 24.9 Å². The molecular formula is C26H29N3O7. The molecule has 1 unspecified atom stereocenters. The average molecular weight is 496 g/mol. The Kier molecular flexibility index (Phi) is 9.09.